The maximum absolute atomic E-state index is 13.2. The Morgan fingerprint density at radius 1 is 1.00 bits per heavy atom. The molecule has 0 radical (unpaired) electrons. The highest BCUT2D eigenvalue weighted by Gasteiger charge is 2.40. The standard InChI is InChI=1S/C23H23F3N2O6/c24-23(25,26)14(11-20(29)28-34-13-21(30)31)9-10-27-22(32)33-12-19-17-7-3-1-5-15(17)16-6-2-4-8-18(16)19/h1-8,14,19H,9-13H2,(H,27,32)(H,28,29)(H,30,31). The first-order valence-electron chi connectivity index (χ1n) is 10.4. The zero-order valence-electron chi connectivity index (χ0n) is 17.9. The number of benzene rings is 2. The van der Waals surface area contributed by atoms with Crippen molar-refractivity contribution in [1.29, 1.82) is 0 Å². The second kappa shape index (κ2) is 11.0. The summed E-state index contributed by atoms with van der Waals surface area (Å²) in [6.45, 7) is -1.23. The SMILES string of the molecule is O=C(O)CONC(=O)CC(CCNC(=O)OCC1c2ccccc2-c2ccccc21)C(F)(F)F. The van der Waals surface area contributed by atoms with E-state index >= 15 is 0 Å². The summed E-state index contributed by atoms with van der Waals surface area (Å²) in [4.78, 5) is 38.3. The fraction of sp³-hybridized carbons (Fsp3) is 0.348. The molecule has 1 aliphatic carbocycles. The van der Waals surface area contributed by atoms with Crippen LogP contribution in [0.2, 0.25) is 0 Å². The quantitative estimate of drug-likeness (QED) is 0.448. The van der Waals surface area contributed by atoms with Crippen LogP contribution in [-0.4, -0.2) is 49.0 Å². The third-order valence-electron chi connectivity index (χ3n) is 5.38. The molecule has 0 bridgehead atoms. The molecule has 1 atom stereocenters. The molecule has 0 aliphatic heterocycles. The molecule has 11 heteroatoms. The van der Waals surface area contributed by atoms with Gasteiger partial charge in [-0.2, -0.15) is 13.2 Å². The maximum atomic E-state index is 13.2. The number of halogens is 3. The summed E-state index contributed by atoms with van der Waals surface area (Å²) in [5.41, 5.74) is 5.75. The summed E-state index contributed by atoms with van der Waals surface area (Å²) in [7, 11) is 0. The third kappa shape index (κ3) is 6.47. The van der Waals surface area contributed by atoms with Crippen LogP contribution in [0.5, 0.6) is 0 Å². The molecular formula is C23H23F3N2O6. The molecule has 0 heterocycles. The Bertz CT molecular complexity index is 998. The van der Waals surface area contributed by atoms with Crippen molar-refractivity contribution in [2.75, 3.05) is 19.8 Å². The first-order chi connectivity index (χ1) is 16.2. The van der Waals surface area contributed by atoms with E-state index in [1.807, 2.05) is 48.5 Å². The molecule has 1 unspecified atom stereocenters. The van der Waals surface area contributed by atoms with Crippen molar-refractivity contribution >= 4 is 18.0 Å². The zero-order valence-corrected chi connectivity index (χ0v) is 17.9. The second-order valence-electron chi connectivity index (χ2n) is 7.69. The van der Waals surface area contributed by atoms with Gasteiger partial charge in [0.25, 0.3) is 0 Å². The van der Waals surface area contributed by atoms with Crippen molar-refractivity contribution in [3.05, 3.63) is 59.7 Å². The summed E-state index contributed by atoms with van der Waals surface area (Å²) in [6.07, 6.45) is -7.11. The number of ether oxygens (including phenoxy) is 1. The van der Waals surface area contributed by atoms with E-state index in [9.17, 15) is 27.6 Å². The number of hydroxylamine groups is 1. The average molecular weight is 480 g/mol. The number of aliphatic carboxylic acids is 1. The predicted molar refractivity (Wildman–Crippen MR) is 114 cm³/mol. The highest BCUT2D eigenvalue weighted by Crippen LogP contribution is 2.44. The van der Waals surface area contributed by atoms with Crippen molar-refractivity contribution in [2.45, 2.75) is 24.9 Å². The van der Waals surface area contributed by atoms with Gasteiger partial charge in [0.15, 0.2) is 6.61 Å². The largest absolute Gasteiger partial charge is 0.479 e. The van der Waals surface area contributed by atoms with Crippen LogP contribution >= 0.6 is 0 Å². The smallest absolute Gasteiger partial charge is 0.407 e. The van der Waals surface area contributed by atoms with Crippen LogP contribution in [0.1, 0.15) is 29.9 Å². The maximum Gasteiger partial charge on any atom is 0.407 e. The summed E-state index contributed by atoms with van der Waals surface area (Å²) in [5.74, 6) is -4.75. The van der Waals surface area contributed by atoms with Crippen molar-refractivity contribution in [2.24, 2.45) is 5.92 Å². The molecule has 2 aromatic carbocycles. The molecule has 0 saturated carbocycles. The topological polar surface area (TPSA) is 114 Å². The first-order valence-corrected chi connectivity index (χ1v) is 10.4. The van der Waals surface area contributed by atoms with Gasteiger partial charge in [-0.15, -0.1) is 0 Å². The Labute approximate surface area is 193 Å². The molecule has 182 valence electrons. The third-order valence-corrected chi connectivity index (χ3v) is 5.38. The van der Waals surface area contributed by atoms with E-state index in [0.717, 1.165) is 22.3 Å². The number of carbonyl (C=O) groups excluding carboxylic acids is 2. The number of carboxylic acid groups (broad SMARTS) is 1. The molecule has 1 aliphatic rings. The minimum atomic E-state index is -4.70. The molecule has 2 amide bonds. The fourth-order valence-corrected chi connectivity index (χ4v) is 3.82. The van der Waals surface area contributed by atoms with E-state index in [0.29, 0.717) is 0 Å². The number of rotatable bonds is 10. The molecule has 8 nitrogen and oxygen atoms in total. The lowest BCUT2D eigenvalue weighted by Crippen LogP contribution is -2.35. The fourth-order valence-electron chi connectivity index (χ4n) is 3.82. The Morgan fingerprint density at radius 2 is 1.59 bits per heavy atom. The van der Waals surface area contributed by atoms with Crippen molar-refractivity contribution in [3.8, 4) is 11.1 Å². The van der Waals surface area contributed by atoms with Crippen molar-refractivity contribution in [1.82, 2.24) is 10.8 Å². The molecule has 0 fully saturated rings. The lowest BCUT2D eigenvalue weighted by atomic mass is 9.98. The first kappa shape index (κ1) is 25.0. The number of alkyl halides is 3. The summed E-state index contributed by atoms with van der Waals surface area (Å²) in [5, 5.41) is 10.7. The van der Waals surface area contributed by atoms with E-state index in [1.54, 1.807) is 5.48 Å². The highest BCUT2D eigenvalue weighted by molar-refractivity contribution is 5.79. The van der Waals surface area contributed by atoms with E-state index in [-0.39, 0.29) is 19.1 Å². The normalized spacial score (nSPS) is 13.5. The van der Waals surface area contributed by atoms with Crippen LogP contribution in [0.15, 0.2) is 48.5 Å². The minimum Gasteiger partial charge on any atom is -0.479 e. The van der Waals surface area contributed by atoms with Crippen LogP contribution in [0, 0.1) is 5.92 Å². The van der Waals surface area contributed by atoms with Crippen LogP contribution < -0.4 is 10.8 Å². The average Bonchev–Trinajstić information content (AvgIpc) is 3.10. The Kier molecular flexibility index (Phi) is 8.11. The Balaban J connectivity index is 1.49. The van der Waals surface area contributed by atoms with Gasteiger partial charge in [-0.25, -0.2) is 15.1 Å². The van der Waals surface area contributed by atoms with E-state index in [1.165, 1.54) is 0 Å². The summed E-state index contributed by atoms with van der Waals surface area (Å²) >= 11 is 0. The van der Waals surface area contributed by atoms with E-state index < -0.39 is 49.5 Å². The van der Waals surface area contributed by atoms with Crippen LogP contribution in [0.4, 0.5) is 18.0 Å². The number of hydrogen-bond donors (Lipinski definition) is 3. The summed E-state index contributed by atoms with van der Waals surface area (Å²) < 4.78 is 45.0. The molecule has 3 rings (SSSR count). The van der Waals surface area contributed by atoms with Gasteiger partial charge < -0.3 is 15.2 Å². The van der Waals surface area contributed by atoms with Gasteiger partial charge >= 0.3 is 18.2 Å². The second-order valence-corrected chi connectivity index (χ2v) is 7.69. The van der Waals surface area contributed by atoms with Gasteiger partial charge in [0.1, 0.15) is 6.61 Å². The predicted octanol–water partition coefficient (Wildman–Crippen LogP) is 3.62. The van der Waals surface area contributed by atoms with Crippen molar-refractivity contribution < 1.29 is 42.2 Å². The Morgan fingerprint density at radius 3 is 2.15 bits per heavy atom. The molecule has 2 aromatic rings. The van der Waals surface area contributed by atoms with Crippen LogP contribution in [0.25, 0.3) is 11.1 Å². The number of hydrogen-bond acceptors (Lipinski definition) is 5. The highest BCUT2D eigenvalue weighted by atomic mass is 19.4. The number of carboxylic acids is 1. The molecule has 3 N–H and O–H groups in total. The number of carbonyl (C=O) groups is 3. The van der Waals surface area contributed by atoms with Gasteiger partial charge in [-0.05, 0) is 28.7 Å². The molecule has 0 spiro atoms. The zero-order chi connectivity index (χ0) is 24.7. The van der Waals surface area contributed by atoms with E-state index in [2.05, 4.69) is 10.2 Å². The van der Waals surface area contributed by atoms with Crippen LogP contribution in [-0.2, 0) is 19.2 Å². The van der Waals surface area contributed by atoms with Gasteiger partial charge in [-0.3, -0.25) is 9.63 Å². The monoisotopic (exact) mass is 480 g/mol. The number of alkyl carbamates (subject to hydrolysis) is 1. The molecular weight excluding hydrogens is 457 g/mol. The lowest BCUT2D eigenvalue weighted by molar-refractivity contribution is -0.183. The van der Waals surface area contributed by atoms with Crippen LogP contribution in [0.3, 0.4) is 0 Å². The van der Waals surface area contributed by atoms with Crippen molar-refractivity contribution in [3.63, 3.8) is 0 Å². The lowest BCUT2D eigenvalue weighted by Gasteiger charge is -2.20. The van der Waals surface area contributed by atoms with Gasteiger partial charge in [0, 0.05) is 18.9 Å². The summed E-state index contributed by atoms with van der Waals surface area (Å²) in [6, 6.07) is 15.5. The number of nitrogens with one attached hydrogen (secondary N) is 2. The molecule has 0 aromatic heterocycles. The van der Waals surface area contributed by atoms with E-state index in [4.69, 9.17) is 9.84 Å². The Hall–Kier alpha value is -3.60. The molecule has 34 heavy (non-hydrogen) atoms. The number of fused-ring (bicyclic) bond motifs is 3. The van der Waals surface area contributed by atoms with Gasteiger partial charge in [0.2, 0.25) is 5.91 Å². The molecule has 0 saturated heterocycles. The van der Waals surface area contributed by atoms with Gasteiger partial charge in [0.05, 0.1) is 5.92 Å². The van der Waals surface area contributed by atoms with Gasteiger partial charge in [-0.1, -0.05) is 48.5 Å². The minimum absolute atomic E-state index is 0.0197. The number of amides is 2.